The van der Waals surface area contributed by atoms with Gasteiger partial charge in [-0.2, -0.15) is 4.98 Å². The van der Waals surface area contributed by atoms with Crippen LogP contribution in [0.25, 0.3) is 11.2 Å². The molecule has 1 saturated heterocycles. The van der Waals surface area contributed by atoms with E-state index in [0.29, 0.717) is 11.2 Å². The second-order valence-electron chi connectivity index (χ2n) is 7.15. The zero-order valence-corrected chi connectivity index (χ0v) is 15.9. The Hall–Kier alpha value is -2.87. The van der Waals surface area contributed by atoms with Crippen molar-refractivity contribution in [3.63, 3.8) is 0 Å². The first-order chi connectivity index (χ1) is 13.0. The second-order valence-corrected chi connectivity index (χ2v) is 7.15. The van der Waals surface area contributed by atoms with Gasteiger partial charge in [0, 0.05) is 40.3 Å². The van der Waals surface area contributed by atoms with Gasteiger partial charge in [-0.3, -0.25) is 13.9 Å². The second kappa shape index (κ2) is 6.70. The molecule has 0 unspecified atom stereocenters. The number of aryl methyl sites for hydroxylation is 2. The lowest BCUT2D eigenvalue weighted by atomic mass is 10.2. The smallest absolute Gasteiger partial charge is 0.332 e. The van der Waals surface area contributed by atoms with Gasteiger partial charge in [0.1, 0.15) is 0 Å². The highest BCUT2D eigenvalue weighted by Crippen LogP contribution is 2.19. The van der Waals surface area contributed by atoms with E-state index in [0.717, 1.165) is 37.7 Å². The highest BCUT2D eigenvalue weighted by atomic mass is 16.2. The van der Waals surface area contributed by atoms with Gasteiger partial charge in [-0.25, -0.2) is 4.79 Å². The van der Waals surface area contributed by atoms with E-state index in [1.54, 1.807) is 7.05 Å². The third-order valence-corrected chi connectivity index (χ3v) is 5.31. The minimum Gasteiger partial charge on any atom is -0.340 e. The number of hydrogen-bond donors (Lipinski definition) is 0. The van der Waals surface area contributed by atoms with E-state index in [4.69, 9.17) is 0 Å². The average molecular weight is 368 g/mol. The predicted octanol–water partition coefficient (Wildman–Crippen LogP) is 0.234. The number of nitrogens with zero attached hydrogens (tertiary/aromatic N) is 6. The molecule has 0 atom stereocenters. The third kappa shape index (κ3) is 2.95. The SMILES string of the molecule is CN1CCN(c2nc3c(c(=O)n(Cc4ccccc4)c(=O)n3C)n2C)CC1. The number of imidazole rings is 1. The molecule has 0 radical (unpaired) electrons. The summed E-state index contributed by atoms with van der Waals surface area (Å²) in [6.45, 7) is 3.83. The molecule has 3 heterocycles. The minimum atomic E-state index is -0.348. The van der Waals surface area contributed by atoms with Crippen molar-refractivity contribution >= 4 is 17.1 Å². The molecule has 4 rings (SSSR count). The summed E-state index contributed by atoms with van der Waals surface area (Å²) in [5.74, 6) is 0.739. The van der Waals surface area contributed by atoms with Crippen LogP contribution in [0.5, 0.6) is 0 Å². The van der Waals surface area contributed by atoms with Crippen LogP contribution in [0.2, 0.25) is 0 Å². The number of hydrogen-bond acceptors (Lipinski definition) is 5. The molecule has 8 heteroatoms. The first-order valence-corrected chi connectivity index (χ1v) is 9.11. The maximum absolute atomic E-state index is 13.1. The molecule has 1 aliphatic heterocycles. The summed E-state index contributed by atoms with van der Waals surface area (Å²) < 4.78 is 4.58. The number of aromatic nitrogens is 4. The largest absolute Gasteiger partial charge is 0.340 e. The lowest BCUT2D eigenvalue weighted by Gasteiger charge is -2.32. The molecule has 0 spiro atoms. The van der Waals surface area contributed by atoms with Crippen molar-refractivity contribution in [2.75, 3.05) is 38.1 Å². The van der Waals surface area contributed by atoms with Crippen LogP contribution < -0.4 is 16.1 Å². The summed E-state index contributed by atoms with van der Waals surface area (Å²) in [6.07, 6.45) is 0. The molecule has 0 amide bonds. The van der Waals surface area contributed by atoms with Crippen molar-refractivity contribution in [1.82, 2.24) is 23.6 Å². The van der Waals surface area contributed by atoms with Crippen LogP contribution in [0.3, 0.4) is 0 Å². The molecule has 0 bridgehead atoms. The molecule has 3 aromatic rings. The van der Waals surface area contributed by atoms with Crippen molar-refractivity contribution in [2.24, 2.45) is 14.1 Å². The fourth-order valence-corrected chi connectivity index (χ4v) is 3.63. The average Bonchev–Trinajstić information content (AvgIpc) is 3.02. The van der Waals surface area contributed by atoms with E-state index < -0.39 is 0 Å². The van der Waals surface area contributed by atoms with Crippen molar-refractivity contribution in [3.8, 4) is 0 Å². The summed E-state index contributed by atoms with van der Waals surface area (Å²) in [4.78, 5) is 35.0. The normalized spacial score (nSPS) is 15.6. The molecule has 0 aliphatic carbocycles. The molecule has 142 valence electrons. The first-order valence-electron chi connectivity index (χ1n) is 9.11. The molecular formula is C19H24N6O2. The van der Waals surface area contributed by atoms with Crippen molar-refractivity contribution in [3.05, 3.63) is 56.7 Å². The number of likely N-dealkylation sites (N-methyl/N-ethyl adjacent to an activating group) is 1. The van der Waals surface area contributed by atoms with Crippen LogP contribution in [0.15, 0.2) is 39.9 Å². The van der Waals surface area contributed by atoms with E-state index in [9.17, 15) is 9.59 Å². The molecular weight excluding hydrogens is 344 g/mol. The van der Waals surface area contributed by atoms with Gasteiger partial charge in [-0.1, -0.05) is 30.3 Å². The number of benzene rings is 1. The molecule has 1 aliphatic rings. The number of rotatable bonds is 3. The topological polar surface area (TPSA) is 68.3 Å². The Kier molecular flexibility index (Phi) is 4.35. The van der Waals surface area contributed by atoms with Gasteiger partial charge in [-0.05, 0) is 12.6 Å². The van der Waals surface area contributed by atoms with Crippen molar-refractivity contribution < 1.29 is 0 Å². The van der Waals surface area contributed by atoms with E-state index in [1.807, 2.05) is 41.9 Å². The van der Waals surface area contributed by atoms with Crippen molar-refractivity contribution in [1.29, 1.82) is 0 Å². The van der Waals surface area contributed by atoms with Crippen LogP contribution in [-0.2, 0) is 20.6 Å². The summed E-state index contributed by atoms with van der Waals surface area (Å²) >= 11 is 0. The summed E-state index contributed by atoms with van der Waals surface area (Å²) in [6, 6.07) is 9.54. The zero-order chi connectivity index (χ0) is 19.1. The van der Waals surface area contributed by atoms with Gasteiger partial charge < -0.3 is 14.4 Å². The van der Waals surface area contributed by atoms with Gasteiger partial charge in [0.05, 0.1) is 6.54 Å². The van der Waals surface area contributed by atoms with Crippen LogP contribution >= 0.6 is 0 Å². The quantitative estimate of drug-likeness (QED) is 0.662. The Balaban J connectivity index is 1.85. The number of anilines is 1. The first kappa shape index (κ1) is 17.5. The van der Waals surface area contributed by atoms with Gasteiger partial charge in [0.25, 0.3) is 5.56 Å². The van der Waals surface area contributed by atoms with E-state index in [2.05, 4.69) is 21.8 Å². The molecule has 0 N–H and O–H groups in total. The zero-order valence-electron chi connectivity index (χ0n) is 15.9. The van der Waals surface area contributed by atoms with Gasteiger partial charge >= 0.3 is 5.69 Å². The van der Waals surface area contributed by atoms with Crippen molar-refractivity contribution in [2.45, 2.75) is 6.54 Å². The Bertz CT molecular complexity index is 1090. The minimum absolute atomic E-state index is 0.247. The molecule has 8 nitrogen and oxygen atoms in total. The Morgan fingerprint density at radius 2 is 1.59 bits per heavy atom. The molecule has 1 aromatic carbocycles. The fourth-order valence-electron chi connectivity index (χ4n) is 3.63. The molecule has 2 aromatic heterocycles. The van der Waals surface area contributed by atoms with Gasteiger partial charge in [0.15, 0.2) is 11.2 Å². The fraction of sp³-hybridized carbons (Fsp3) is 0.421. The number of piperazine rings is 1. The standard InChI is InChI=1S/C19H24N6O2/c1-21-9-11-24(12-10-21)18-20-16-15(22(18)2)17(26)25(19(27)23(16)3)13-14-7-5-4-6-8-14/h4-8H,9-13H2,1-3H3. The van der Waals surface area contributed by atoms with Crippen LogP contribution in [0.1, 0.15) is 5.56 Å². The van der Waals surface area contributed by atoms with Crippen LogP contribution in [0, 0.1) is 0 Å². The van der Waals surface area contributed by atoms with Gasteiger partial charge in [-0.15, -0.1) is 0 Å². The molecule has 27 heavy (non-hydrogen) atoms. The lowest BCUT2D eigenvalue weighted by molar-refractivity contribution is 0.310. The van der Waals surface area contributed by atoms with E-state index in [-0.39, 0.29) is 17.8 Å². The highest BCUT2D eigenvalue weighted by Gasteiger charge is 2.23. The third-order valence-electron chi connectivity index (χ3n) is 5.31. The summed E-state index contributed by atoms with van der Waals surface area (Å²) in [5.41, 5.74) is 1.16. The highest BCUT2D eigenvalue weighted by molar-refractivity contribution is 5.74. The van der Waals surface area contributed by atoms with Crippen LogP contribution in [0.4, 0.5) is 5.95 Å². The number of fused-ring (bicyclic) bond motifs is 1. The van der Waals surface area contributed by atoms with Crippen LogP contribution in [-0.4, -0.2) is 56.8 Å². The Morgan fingerprint density at radius 3 is 2.26 bits per heavy atom. The Morgan fingerprint density at radius 1 is 0.926 bits per heavy atom. The molecule has 0 saturated carbocycles. The van der Waals surface area contributed by atoms with E-state index >= 15 is 0 Å². The Labute approximate surface area is 156 Å². The van der Waals surface area contributed by atoms with Gasteiger partial charge in [0.2, 0.25) is 5.95 Å². The summed E-state index contributed by atoms with van der Waals surface area (Å²) in [5, 5.41) is 0. The monoisotopic (exact) mass is 368 g/mol. The van der Waals surface area contributed by atoms with E-state index in [1.165, 1.54) is 9.13 Å². The summed E-state index contributed by atoms with van der Waals surface area (Å²) in [7, 11) is 5.62. The predicted molar refractivity (Wildman–Crippen MR) is 105 cm³/mol. The molecule has 1 fully saturated rings. The maximum Gasteiger partial charge on any atom is 0.332 e. The lowest BCUT2D eigenvalue weighted by Crippen LogP contribution is -2.45. The maximum atomic E-state index is 13.1.